The first kappa shape index (κ1) is 11.1. The van der Waals surface area contributed by atoms with Gasteiger partial charge < -0.3 is 4.57 Å². The second-order valence-electron chi connectivity index (χ2n) is 3.60. The van der Waals surface area contributed by atoms with Gasteiger partial charge in [-0.15, -0.1) is 0 Å². The van der Waals surface area contributed by atoms with Gasteiger partial charge in [0.05, 0.1) is 12.4 Å². The minimum absolute atomic E-state index is 0.00345. The third-order valence-electron chi connectivity index (χ3n) is 2.46. The molecular weight excluding hydrogens is 214 g/mol. The number of carbonyl (C=O) groups is 1. The molecule has 0 fully saturated rings. The van der Waals surface area contributed by atoms with Crippen LogP contribution < -0.4 is 0 Å². The van der Waals surface area contributed by atoms with Crippen LogP contribution in [0.5, 0.6) is 0 Å². The van der Waals surface area contributed by atoms with Gasteiger partial charge in [0.2, 0.25) is 0 Å². The molecule has 2 rings (SSSR count). The molecule has 0 N–H and O–H groups in total. The summed E-state index contributed by atoms with van der Waals surface area (Å²) in [7, 11) is 0. The maximum absolute atomic E-state index is 11.6. The first-order chi connectivity index (χ1) is 8.31. The van der Waals surface area contributed by atoms with E-state index in [0.29, 0.717) is 5.56 Å². The molecular formula is C13H11N3O. The van der Waals surface area contributed by atoms with E-state index in [-0.39, 0.29) is 18.6 Å². The fourth-order valence-electron chi connectivity index (χ4n) is 1.55. The minimum Gasteiger partial charge on any atom is -0.306 e. The summed E-state index contributed by atoms with van der Waals surface area (Å²) in [5.74, 6) is 0.00345. The number of rotatable bonds is 4. The molecule has 0 atom stereocenters. The number of hydrogen-bond donors (Lipinski definition) is 0. The number of nitriles is 1. The zero-order chi connectivity index (χ0) is 12.1. The van der Waals surface area contributed by atoms with E-state index >= 15 is 0 Å². The Balaban J connectivity index is 2.14. The lowest BCUT2D eigenvalue weighted by Gasteiger charge is -2.03. The second-order valence-corrected chi connectivity index (χ2v) is 3.60. The smallest absolute Gasteiger partial charge is 0.163 e. The molecule has 0 aliphatic heterocycles. The van der Waals surface area contributed by atoms with Gasteiger partial charge >= 0.3 is 0 Å². The Morgan fingerprint density at radius 1 is 1.35 bits per heavy atom. The van der Waals surface area contributed by atoms with Crippen molar-refractivity contribution in [2.24, 2.45) is 0 Å². The number of nitrogens with zero attached hydrogens (tertiary/aromatic N) is 3. The summed E-state index contributed by atoms with van der Waals surface area (Å²) in [6.45, 7) is 0. The lowest BCUT2D eigenvalue weighted by atomic mass is 10.1. The minimum atomic E-state index is 0.00345. The average Bonchev–Trinajstić information content (AvgIpc) is 2.90. The molecule has 0 saturated carbocycles. The highest BCUT2D eigenvalue weighted by molar-refractivity contribution is 5.96. The fourth-order valence-corrected chi connectivity index (χ4v) is 1.55. The Kier molecular flexibility index (Phi) is 3.31. The summed E-state index contributed by atoms with van der Waals surface area (Å²) in [5, 5.41) is 8.42. The van der Waals surface area contributed by atoms with Gasteiger partial charge in [-0.1, -0.05) is 0 Å². The summed E-state index contributed by atoms with van der Waals surface area (Å²) in [4.78, 5) is 15.6. The number of hydrogen-bond acceptors (Lipinski definition) is 3. The monoisotopic (exact) mass is 225 g/mol. The molecule has 0 aliphatic carbocycles. The molecule has 4 heteroatoms. The molecule has 1 aromatic carbocycles. The zero-order valence-electron chi connectivity index (χ0n) is 9.21. The lowest BCUT2D eigenvalue weighted by molar-refractivity contribution is 0.0984. The van der Waals surface area contributed by atoms with Gasteiger partial charge in [-0.2, -0.15) is 5.26 Å². The van der Waals surface area contributed by atoms with Crippen LogP contribution in [0.2, 0.25) is 0 Å². The number of ketones is 1. The molecule has 0 bridgehead atoms. The van der Waals surface area contributed by atoms with Crippen LogP contribution in [-0.4, -0.2) is 15.3 Å². The van der Waals surface area contributed by atoms with Crippen LogP contribution in [0.3, 0.4) is 0 Å². The molecule has 84 valence electrons. The van der Waals surface area contributed by atoms with E-state index < -0.39 is 0 Å². The maximum Gasteiger partial charge on any atom is 0.163 e. The Hall–Kier alpha value is -2.41. The van der Waals surface area contributed by atoms with E-state index in [1.165, 1.54) is 0 Å². The van der Waals surface area contributed by atoms with E-state index in [1.807, 2.05) is 29.0 Å². The first-order valence-electron chi connectivity index (χ1n) is 5.30. The number of imidazole rings is 1. The van der Waals surface area contributed by atoms with Gasteiger partial charge in [-0.05, 0) is 24.3 Å². The van der Waals surface area contributed by atoms with Crippen LogP contribution in [0.25, 0.3) is 5.69 Å². The number of aromatic nitrogens is 2. The van der Waals surface area contributed by atoms with Crippen molar-refractivity contribution < 1.29 is 4.79 Å². The molecule has 2 aromatic rings. The summed E-state index contributed by atoms with van der Waals surface area (Å²) in [6.07, 6.45) is 5.79. The van der Waals surface area contributed by atoms with Crippen LogP contribution in [-0.2, 0) is 0 Å². The Morgan fingerprint density at radius 3 is 2.71 bits per heavy atom. The number of Topliss-reactive ketones (excluding diaryl/α,β-unsaturated/α-hetero) is 1. The molecule has 0 unspecified atom stereocenters. The van der Waals surface area contributed by atoms with Gasteiger partial charge in [0.25, 0.3) is 0 Å². The average molecular weight is 225 g/mol. The largest absolute Gasteiger partial charge is 0.306 e. The highest BCUT2D eigenvalue weighted by atomic mass is 16.1. The normalized spacial score (nSPS) is 9.82. The first-order valence-corrected chi connectivity index (χ1v) is 5.30. The second kappa shape index (κ2) is 5.08. The quantitative estimate of drug-likeness (QED) is 0.750. The standard InChI is InChI=1S/C13H11N3O/c14-7-1-2-13(17)11-3-5-12(6-4-11)16-9-8-15-10-16/h3-6,8-10H,1-2H2. The van der Waals surface area contributed by atoms with Crippen LogP contribution >= 0.6 is 0 Å². The SMILES string of the molecule is N#CCCC(=O)c1ccc(-n2ccnc2)cc1. The van der Waals surface area contributed by atoms with Crippen molar-refractivity contribution in [2.75, 3.05) is 0 Å². The van der Waals surface area contributed by atoms with Crippen molar-refractivity contribution in [3.8, 4) is 11.8 Å². The van der Waals surface area contributed by atoms with Gasteiger partial charge in [0.1, 0.15) is 0 Å². The van der Waals surface area contributed by atoms with E-state index in [0.717, 1.165) is 5.69 Å². The van der Waals surface area contributed by atoms with Gasteiger partial charge in [-0.3, -0.25) is 4.79 Å². The molecule has 1 heterocycles. The molecule has 0 radical (unpaired) electrons. The van der Waals surface area contributed by atoms with Crippen LogP contribution in [0.4, 0.5) is 0 Å². The van der Waals surface area contributed by atoms with E-state index in [1.54, 1.807) is 24.7 Å². The molecule has 0 aliphatic rings. The topological polar surface area (TPSA) is 58.7 Å². The van der Waals surface area contributed by atoms with Gasteiger partial charge in [-0.25, -0.2) is 4.98 Å². The van der Waals surface area contributed by atoms with Crippen LogP contribution in [0.1, 0.15) is 23.2 Å². The van der Waals surface area contributed by atoms with E-state index in [9.17, 15) is 4.79 Å². The predicted octanol–water partition coefficient (Wildman–Crippen LogP) is 2.36. The summed E-state index contributed by atoms with van der Waals surface area (Å²) in [6, 6.07) is 9.24. The molecule has 0 saturated heterocycles. The summed E-state index contributed by atoms with van der Waals surface area (Å²) in [5.41, 5.74) is 1.60. The fraction of sp³-hybridized carbons (Fsp3) is 0.154. The Labute approximate surface area is 99.1 Å². The van der Waals surface area contributed by atoms with Crippen LogP contribution in [0.15, 0.2) is 43.0 Å². The Morgan fingerprint density at radius 2 is 2.12 bits per heavy atom. The van der Waals surface area contributed by atoms with Crippen molar-refractivity contribution in [3.05, 3.63) is 48.5 Å². The third-order valence-corrected chi connectivity index (χ3v) is 2.46. The van der Waals surface area contributed by atoms with Crippen molar-refractivity contribution >= 4 is 5.78 Å². The number of carbonyl (C=O) groups excluding carboxylic acids is 1. The lowest BCUT2D eigenvalue weighted by Crippen LogP contribution is -1.99. The van der Waals surface area contributed by atoms with Crippen molar-refractivity contribution in [1.82, 2.24) is 9.55 Å². The van der Waals surface area contributed by atoms with E-state index in [4.69, 9.17) is 5.26 Å². The van der Waals surface area contributed by atoms with Gasteiger partial charge in [0, 0.05) is 36.5 Å². The van der Waals surface area contributed by atoms with Crippen LogP contribution in [0, 0.1) is 11.3 Å². The molecule has 0 amide bonds. The van der Waals surface area contributed by atoms with Crippen molar-refractivity contribution in [3.63, 3.8) is 0 Å². The maximum atomic E-state index is 11.6. The highest BCUT2D eigenvalue weighted by Gasteiger charge is 2.05. The molecule has 1 aromatic heterocycles. The van der Waals surface area contributed by atoms with Crippen molar-refractivity contribution in [1.29, 1.82) is 5.26 Å². The van der Waals surface area contributed by atoms with E-state index in [2.05, 4.69) is 4.98 Å². The Bertz CT molecular complexity index is 535. The molecule has 4 nitrogen and oxygen atoms in total. The van der Waals surface area contributed by atoms with Crippen molar-refractivity contribution in [2.45, 2.75) is 12.8 Å². The summed E-state index contributed by atoms with van der Waals surface area (Å²) >= 11 is 0. The zero-order valence-corrected chi connectivity index (χ0v) is 9.21. The molecule has 0 spiro atoms. The third kappa shape index (κ3) is 2.58. The van der Waals surface area contributed by atoms with Gasteiger partial charge in [0.15, 0.2) is 5.78 Å². The predicted molar refractivity (Wildman–Crippen MR) is 62.7 cm³/mol. The highest BCUT2D eigenvalue weighted by Crippen LogP contribution is 2.11. The number of benzene rings is 1. The molecule has 17 heavy (non-hydrogen) atoms. The summed E-state index contributed by atoms with van der Waals surface area (Å²) < 4.78 is 1.86.